The van der Waals surface area contributed by atoms with Crippen LogP contribution < -0.4 is 5.73 Å². The molecule has 0 bridgehead atoms. The Labute approximate surface area is 143 Å². The number of benzene rings is 1. The van der Waals surface area contributed by atoms with Crippen LogP contribution in [-0.4, -0.2) is 34.3 Å². The van der Waals surface area contributed by atoms with Gasteiger partial charge in [-0.1, -0.05) is 12.1 Å². The Morgan fingerprint density at radius 3 is 2.88 bits per heavy atom. The van der Waals surface area contributed by atoms with Crippen molar-refractivity contribution in [1.82, 2.24) is 9.88 Å². The molecule has 2 heterocycles. The van der Waals surface area contributed by atoms with Crippen LogP contribution in [0.1, 0.15) is 34.8 Å². The number of aryl methyl sites for hydroxylation is 1. The Kier molecular flexibility index (Phi) is 4.62. The molecule has 5 nitrogen and oxygen atoms in total. The number of aromatic nitrogens is 1. The van der Waals surface area contributed by atoms with Gasteiger partial charge in [0.2, 0.25) is 5.91 Å². The van der Waals surface area contributed by atoms with Gasteiger partial charge in [0.25, 0.3) is 5.91 Å². The summed E-state index contributed by atoms with van der Waals surface area (Å²) in [6, 6.07) is 5.47. The van der Waals surface area contributed by atoms with Crippen LogP contribution in [0.4, 0.5) is 4.39 Å². The Bertz CT molecular complexity index is 790. The van der Waals surface area contributed by atoms with Gasteiger partial charge in [0.1, 0.15) is 17.6 Å². The lowest BCUT2D eigenvalue weighted by Gasteiger charge is -2.33. The number of carbonyl (C=O) groups is 2. The number of nitrogens with zero attached hydrogens (tertiary/aromatic N) is 2. The number of nitrogens with two attached hydrogens (primary N) is 1. The molecule has 1 aliphatic rings. The van der Waals surface area contributed by atoms with Crippen LogP contribution in [0.3, 0.4) is 0 Å². The topological polar surface area (TPSA) is 76.3 Å². The summed E-state index contributed by atoms with van der Waals surface area (Å²) in [5.74, 6) is -1.19. The smallest absolute Gasteiger partial charge is 0.274 e. The Balaban J connectivity index is 2.00. The molecule has 2 amide bonds. The third-order valence-corrected chi connectivity index (χ3v) is 5.14. The van der Waals surface area contributed by atoms with Gasteiger partial charge >= 0.3 is 0 Å². The van der Waals surface area contributed by atoms with Crippen LogP contribution in [0.2, 0.25) is 0 Å². The first-order valence-corrected chi connectivity index (χ1v) is 8.62. The second-order valence-corrected chi connectivity index (χ2v) is 7.04. The number of piperidine rings is 1. The zero-order chi connectivity index (χ0) is 17.3. The van der Waals surface area contributed by atoms with Crippen molar-refractivity contribution in [2.75, 3.05) is 6.54 Å². The van der Waals surface area contributed by atoms with Gasteiger partial charge in [-0.05, 0) is 43.9 Å². The number of hydrogen-bond donors (Lipinski definition) is 1. The van der Waals surface area contributed by atoms with E-state index < -0.39 is 11.9 Å². The van der Waals surface area contributed by atoms with Crippen molar-refractivity contribution in [1.29, 1.82) is 0 Å². The quantitative estimate of drug-likeness (QED) is 0.927. The van der Waals surface area contributed by atoms with Crippen molar-refractivity contribution in [3.05, 3.63) is 40.8 Å². The molecule has 0 aliphatic carbocycles. The highest BCUT2D eigenvalue weighted by Crippen LogP contribution is 2.32. The van der Waals surface area contributed by atoms with E-state index in [9.17, 15) is 14.0 Å². The molecule has 126 valence electrons. The summed E-state index contributed by atoms with van der Waals surface area (Å²) >= 11 is 1.34. The average Bonchev–Trinajstić information content (AvgIpc) is 2.96. The van der Waals surface area contributed by atoms with Crippen LogP contribution >= 0.6 is 11.3 Å². The van der Waals surface area contributed by atoms with Gasteiger partial charge in [-0.2, -0.15) is 0 Å². The number of hydrogen-bond acceptors (Lipinski definition) is 4. The minimum Gasteiger partial charge on any atom is -0.368 e. The standard InChI is InChI=1S/C17H18FN3O2S/c1-10-20-14(15(24-10)11-5-4-6-12(18)9-11)17(23)21-8-3-2-7-13(21)16(19)22/h4-6,9,13H,2-3,7-8H2,1H3,(H2,19,22). The van der Waals surface area contributed by atoms with Gasteiger partial charge in [-0.3, -0.25) is 9.59 Å². The van der Waals surface area contributed by atoms with Gasteiger partial charge < -0.3 is 10.6 Å². The largest absolute Gasteiger partial charge is 0.368 e. The van der Waals surface area contributed by atoms with Crippen molar-refractivity contribution < 1.29 is 14.0 Å². The van der Waals surface area contributed by atoms with E-state index in [2.05, 4.69) is 4.98 Å². The van der Waals surface area contributed by atoms with Crippen molar-refractivity contribution in [3.63, 3.8) is 0 Å². The number of carbonyl (C=O) groups excluding carboxylic acids is 2. The molecule has 0 saturated carbocycles. The molecule has 1 aliphatic heterocycles. The highest BCUT2D eigenvalue weighted by molar-refractivity contribution is 7.15. The minimum absolute atomic E-state index is 0.260. The summed E-state index contributed by atoms with van der Waals surface area (Å²) in [4.78, 5) is 31.1. The van der Waals surface area contributed by atoms with Crippen molar-refractivity contribution >= 4 is 23.2 Å². The molecule has 2 aromatic rings. The fourth-order valence-electron chi connectivity index (χ4n) is 3.00. The fraction of sp³-hybridized carbons (Fsp3) is 0.353. The van der Waals surface area contributed by atoms with Crippen molar-refractivity contribution in [3.8, 4) is 10.4 Å². The maximum absolute atomic E-state index is 13.5. The summed E-state index contributed by atoms with van der Waals surface area (Å²) in [7, 11) is 0. The maximum atomic E-state index is 13.5. The van der Waals surface area contributed by atoms with Crippen LogP contribution in [0.5, 0.6) is 0 Å². The lowest BCUT2D eigenvalue weighted by atomic mass is 10.0. The monoisotopic (exact) mass is 347 g/mol. The highest BCUT2D eigenvalue weighted by Gasteiger charge is 2.33. The molecule has 1 atom stereocenters. The normalized spacial score (nSPS) is 17.8. The highest BCUT2D eigenvalue weighted by atomic mass is 32.1. The Morgan fingerprint density at radius 2 is 2.17 bits per heavy atom. The van der Waals surface area contributed by atoms with E-state index >= 15 is 0 Å². The number of primary amides is 1. The van der Waals surface area contributed by atoms with Gasteiger partial charge in [0.05, 0.1) is 9.88 Å². The summed E-state index contributed by atoms with van der Waals surface area (Å²) in [6.07, 6.45) is 2.26. The maximum Gasteiger partial charge on any atom is 0.274 e. The van der Waals surface area contributed by atoms with Gasteiger partial charge in [-0.15, -0.1) is 11.3 Å². The molecule has 1 saturated heterocycles. The van der Waals surface area contributed by atoms with Crippen LogP contribution in [0.15, 0.2) is 24.3 Å². The lowest BCUT2D eigenvalue weighted by molar-refractivity contribution is -0.123. The number of rotatable bonds is 3. The summed E-state index contributed by atoms with van der Waals surface area (Å²) < 4.78 is 13.5. The third-order valence-electron chi connectivity index (χ3n) is 4.12. The van der Waals surface area contributed by atoms with Gasteiger partial charge in [-0.25, -0.2) is 9.37 Å². The lowest BCUT2D eigenvalue weighted by Crippen LogP contribution is -2.50. The summed E-state index contributed by atoms with van der Waals surface area (Å²) in [5.41, 5.74) is 6.32. The van der Waals surface area contributed by atoms with Gasteiger partial charge in [0.15, 0.2) is 0 Å². The molecule has 1 aromatic carbocycles. The molecule has 3 rings (SSSR count). The van der Waals surface area contributed by atoms with E-state index in [4.69, 9.17) is 5.73 Å². The minimum atomic E-state index is -0.603. The third kappa shape index (κ3) is 3.17. The van der Waals surface area contributed by atoms with E-state index in [0.29, 0.717) is 28.4 Å². The molecule has 2 N–H and O–H groups in total. The molecular weight excluding hydrogens is 329 g/mol. The van der Waals surface area contributed by atoms with Crippen LogP contribution in [0.25, 0.3) is 10.4 Å². The second kappa shape index (κ2) is 6.68. The fourth-order valence-corrected chi connectivity index (χ4v) is 3.91. The number of amides is 2. The van der Waals surface area contributed by atoms with Crippen LogP contribution in [-0.2, 0) is 4.79 Å². The number of halogens is 1. The Hall–Kier alpha value is -2.28. The predicted octanol–water partition coefficient (Wildman–Crippen LogP) is 2.74. The molecule has 0 spiro atoms. The van der Waals surface area contributed by atoms with Gasteiger partial charge in [0, 0.05) is 6.54 Å². The molecule has 0 radical (unpaired) electrons. The molecule has 1 aromatic heterocycles. The van der Waals surface area contributed by atoms with E-state index in [1.807, 2.05) is 0 Å². The van der Waals surface area contributed by atoms with Crippen LogP contribution in [0, 0.1) is 12.7 Å². The zero-order valence-corrected chi connectivity index (χ0v) is 14.1. The average molecular weight is 347 g/mol. The first-order valence-electron chi connectivity index (χ1n) is 7.81. The molecule has 7 heteroatoms. The predicted molar refractivity (Wildman–Crippen MR) is 90.1 cm³/mol. The second-order valence-electron chi connectivity index (χ2n) is 5.83. The first-order chi connectivity index (χ1) is 11.5. The SMILES string of the molecule is Cc1nc(C(=O)N2CCCCC2C(N)=O)c(-c2cccc(F)c2)s1. The molecule has 24 heavy (non-hydrogen) atoms. The molecule has 1 fully saturated rings. The zero-order valence-electron chi connectivity index (χ0n) is 13.3. The number of thiazole rings is 1. The van der Waals surface area contributed by atoms with Crippen molar-refractivity contribution in [2.24, 2.45) is 5.73 Å². The Morgan fingerprint density at radius 1 is 1.38 bits per heavy atom. The summed E-state index contributed by atoms with van der Waals surface area (Å²) in [5, 5.41) is 0.713. The molecule has 1 unspecified atom stereocenters. The van der Waals surface area contributed by atoms with Crippen molar-refractivity contribution in [2.45, 2.75) is 32.2 Å². The molecular formula is C17H18FN3O2S. The van der Waals surface area contributed by atoms with E-state index in [1.165, 1.54) is 28.4 Å². The first kappa shape index (κ1) is 16.6. The van der Waals surface area contributed by atoms with E-state index in [1.54, 1.807) is 19.1 Å². The number of likely N-dealkylation sites (tertiary alicyclic amines) is 1. The van der Waals surface area contributed by atoms with E-state index in [0.717, 1.165) is 12.8 Å². The van der Waals surface area contributed by atoms with E-state index in [-0.39, 0.29) is 17.4 Å². The summed E-state index contributed by atoms with van der Waals surface area (Å²) in [6.45, 7) is 2.28.